The molecule has 0 fully saturated rings. The molecule has 92 valence electrons. The van der Waals surface area contributed by atoms with Crippen LogP contribution in [-0.4, -0.2) is 22.6 Å². The van der Waals surface area contributed by atoms with E-state index in [0.717, 1.165) is 16.5 Å². The fourth-order valence-corrected chi connectivity index (χ4v) is 2.32. The molecule has 1 aromatic carbocycles. The monoisotopic (exact) mass is 246 g/mol. The molecular formula is C13H11FN2O2. The topological polar surface area (TPSA) is 65.1 Å². The molecule has 0 saturated carbocycles. The van der Waals surface area contributed by atoms with E-state index in [-0.39, 0.29) is 11.4 Å². The molecule has 0 aliphatic carbocycles. The average molecular weight is 246 g/mol. The van der Waals surface area contributed by atoms with E-state index in [9.17, 15) is 14.3 Å². The molecule has 2 heterocycles. The number of hydrogen-bond donors (Lipinski definition) is 3. The Morgan fingerprint density at radius 3 is 3.00 bits per heavy atom. The molecule has 1 aliphatic heterocycles. The molecule has 0 unspecified atom stereocenters. The van der Waals surface area contributed by atoms with Crippen molar-refractivity contribution in [1.29, 1.82) is 0 Å². The maximum absolute atomic E-state index is 13.3. The molecule has 0 bridgehead atoms. The van der Waals surface area contributed by atoms with Crippen molar-refractivity contribution in [3.05, 3.63) is 41.5 Å². The highest BCUT2D eigenvalue weighted by Gasteiger charge is 2.21. The summed E-state index contributed by atoms with van der Waals surface area (Å²) in [5.74, 6) is -1.32. The van der Waals surface area contributed by atoms with Crippen LogP contribution in [0.1, 0.15) is 11.3 Å². The first-order valence-electron chi connectivity index (χ1n) is 5.64. The number of carbonyl (C=O) groups is 1. The molecule has 4 nitrogen and oxygen atoms in total. The summed E-state index contributed by atoms with van der Waals surface area (Å²) >= 11 is 0. The molecule has 0 atom stereocenters. The van der Waals surface area contributed by atoms with Crippen molar-refractivity contribution in [2.75, 3.05) is 6.54 Å². The van der Waals surface area contributed by atoms with Gasteiger partial charge >= 0.3 is 5.97 Å². The van der Waals surface area contributed by atoms with Crippen molar-refractivity contribution >= 4 is 22.4 Å². The van der Waals surface area contributed by atoms with E-state index in [0.29, 0.717) is 18.7 Å². The van der Waals surface area contributed by atoms with Crippen molar-refractivity contribution < 1.29 is 14.3 Å². The summed E-state index contributed by atoms with van der Waals surface area (Å²) in [5, 5.41) is 12.9. The van der Waals surface area contributed by atoms with Crippen LogP contribution in [0.4, 0.5) is 4.39 Å². The zero-order valence-corrected chi connectivity index (χ0v) is 9.46. The van der Waals surface area contributed by atoms with Gasteiger partial charge in [0.25, 0.3) is 0 Å². The van der Waals surface area contributed by atoms with Crippen molar-refractivity contribution in [3.8, 4) is 0 Å². The number of aromatic amines is 1. The van der Waals surface area contributed by atoms with Gasteiger partial charge in [0.1, 0.15) is 5.82 Å². The molecule has 1 aliphatic rings. The second-order valence-corrected chi connectivity index (χ2v) is 4.24. The largest absolute Gasteiger partial charge is 0.478 e. The Kier molecular flexibility index (Phi) is 2.33. The quantitative estimate of drug-likeness (QED) is 0.719. The number of carboxylic acids is 1. The van der Waals surface area contributed by atoms with Crippen molar-refractivity contribution in [2.45, 2.75) is 6.42 Å². The van der Waals surface area contributed by atoms with E-state index in [1.54, 1.807) is 6.07 Å². The normalized spacial score (nSPS) is 14.6. The molecule has 1 aromatic heterocycles. The molecular weight excluding hydrogens is 235 g/mol. The first-order valence-corrected chi connectivity index (χ1v) is 5.64. The number of fused-ring (bicyclic) bond motifs is 3. The van der Waals surface area contributed by atoms with Crippen LogP contribution >= 0.6 is 0 Å². The summed E-state index contributed by atoms with van der Waals surface area (Å²) in [5.41, 5.74) is 2.35. The SMILES string of the molecule is O=C(O)C1=CNCCc2c1[nH]c1ccc(F)cc21. The van der Waals surface area contributed by atoms with E-state index >= 15 is 0 Å². The third-order valence-electron chi connectivity index (χ3n) is 3.13. The standard InChI is InChI=1S/C13H11FN2O2/c14-7-1-2-11-9(5-7)8-3-4-15-6-10(13(17)18)12(8)16-11/h1-2,5-6,15-16H,3-4H2,(H,17,18). The zero-order valence-electron chi connectivity index (χ0n) is 9.46. The Morgan fingerprint density at radius 1 is 1.39 bits per heavy atom. The fraction of sp³-hybridized carbons (Fsp3) is 0.154. The van der Waals surface area contributed by atoms with Gasteiger partial charge in [0.2, 0.25) is 0 Å². The van der Waals surface area contributed by atoms with Crippen LogP contribution in [0.3, 0.4) is 0 Å². The third-order valence-corrected chi connectivity index (χ3v) is 3.13. The lowest BCUT2D eigenvalue weighted by atomic mass is 10.0. The van der Waals surface area contributed by atoms with Crippen LogP contribution in [-0.2, 0) is 11.2 Å². The second kappa shape index (κ2) is 3.87. The number of H-pyrrole nitrogens is 1. The number of aliphatic carboxylic acids is 1. The van der Waals surface area contributed by atoms with Gasteiger partial charge in [-0.05, 0) is 30.2 Å². The third kappa shape index (κ3) is 1.55. The molecule has 5 heteroatoms. The lowest BCUT2D eigenvalue weighted by Gasteiger charge is -2.00. The van der Waals surface area contributed by atoms with Gasteiger partial charge in [0.15, 0.2) is 0 Å². The van der Waals surface area contributed by atoms with Crippen LogP contribution in [0.5, 0.6) is 0 Å². The molecule has 0 saturated heterocycles. The fourth-order valence-electron chi connectivity index (χ4n) is 2.32. The molecule has 0 spiro atoms. The number of aromatic nitrogens is 1. The first-order chi connectivity index (χ1) is 8.66. The maximum Gasteiger partial charge on any atom is 0.339 e. The smallest absolute Gasteiger partial charge is 0.339 e. The van der Waals surface area contributed by atoms with Gasteiger partial charge in [-0.2, -0.15) is 0 Å². The van der Waals surface area contributed by atoms with E-state index in [1.807, 2.05) is 0 Å². The Labute approximate surface area is 102 Å². The van der Waals surface area contributed by atoms with Crippen molar-refractivity contribution in [2.24, 2.45) is 0 Å². The van der Waals surface area contributed by atoms with Gasteiger partial charge in [0.05, 0.1) is 11.3 Å². The Balaban J connectivity index is 2.30. The van der Waals surface area contributed by atoms with Crippen LogP contribution < -0.4 is 5.32 Å². The highest BCUT2D eigenvalue weighted by Crippen LogP contribution is 2.29. The molecule has 18 heavy (non-hydrogen) atoms. The number of rotatable bonds is 1. The number of hydrogen-bond acceptors (Lipinski definition) is 2. The number of carboxylic acid groups (broad SMARTS) is 1. The minimum atomic E-state index is -1.00. The summed E-state index contributed by atoms with van der Waals surface area (Å²) in [7, 11) is 0. The Morgan fingerprint density at radius 2 is 2.22 bits per heavy atom. The van der Waals surface area contributed by atoms with Gasteiger partial charge in [-0.3, -0.25) is 0 Å². The van der Waals surface area contributed by atoms with Crippen molar-refractivity contribution in [1.82, 2.24) is 10.3 Å². The van der Waals surface area contributed by atoms with Gasteiger partial charge in [-0.25, -0.2) is 9.18 Å². The lowest BCUT2D eigenvalue weighted by Crippen LogP contribution is -2.08. The molecule has 3 rings (SSSR count). The summed E-state index contributed by atoms with van der Waals surface area (Å²) in [6, 6.07) is 4.43. The van der Waals surface area contributed by atoms with E-state index in [4.69, 9.17) is 0 Å². The van der Waals surface area contributed by atoms with Crippen LogP contribution in [0.2, 0.25) is 0 Å². The molecule has 2 aromatic rings. The second-order valence-electron chi connectivity index (χ2n) is 4.24. The van der Waals surface area contributed by atoms with Crippen molar-refractivity contribution in [3.63, 3.8) is 0 Å². The first kappa shape index (κ1) is 10.8. The maximum atomic E-state index is 13.3. The van der Waals surface area contributed by atoms with E-state index < -0.39 is 5.97 Å². The average Bonchev–Trinajstić information content (AvgIpc) is 2.55. The predicted octanol–water partition coefficient (Wildman–Crippen LogP) is 1.88. The van der Waals surface area contributed by atoms with Gasteiger partial charge in [0, 0.05) is 23.6 Å². The van der Waals surface area contributed by atoms with Gasteiger partial charge < -0.3 is 15.4 Å². The van der Waals surface area contributed by atoms with E-state index in [2.05, 4.69) is 10.3 Å². The van der Waals surface area contributed by atoms with Gasteiger partial charge in [-0.1, -0.05) is 0 Å². The summed E-state index contributed by atoms with van der Waals surface area (Å²) in [6.07, 6.45) is 2.14. The van der Waals surface area contributed by atoms with Crippen LogP contribution in [0, 0.1) is 5.82 Å². The predicted molar refractivity (Wildman–Crippen MR) is 65.6 cm³/mol. The van der Waals surface area contributed by atoms with Gasteiger partial charge in [-0.15, -0.1) is 0 Å². The summed E-state index contributed by atoms with van der Waals surface area (Å²) in [6.45, 7) is 0.632. The zero-order chi connectivity index (χ0) is 12.7. The molecule has 0 radical (unpaired) electrons. The minimum Gasteiger partial charge on any atom is -0.478 e. The summed E-state index contributed by atoms with van der Waals surface area (Å²) < 4.78 is 13.3. The number of halogens is 1. The Hall–Kier alpha value is -2.30. The summed E-state index contributed by atoms with van der Waals surface area (Å²) in [4.78, 5) is 14.3. The van der Waals surface area contributed by atoms with E-state index in [1.165, 1.54) is 18.3 Å². The minimum absolute atomic E-state index is 0.180. The lowest BCUT2D eigenvalue weighted by molar-refractivity contribution is -0.130. The number of benzene rings is 1. The van der Waals surface area contributed by atoms with Crippen LogP contribution in [0.25, 0.3) is 16.5 Å². The Bertz CT molecular complexity index is 673. The molecule has 0 amide bonds. The van der Waals surface area contributed by atoms with Crippen LogP contribution in [0.15, 0.2) is 24.4 Å². The highest BCUT2D eigenvalue weighted by molar-refractivity contribution is 6.16. The number of nitrogens with one attached hydrogen (secondary N) is 2. The molecule has 3 N–H and O–H groups in total. The highest BCUT2D eigenvalue weighted by atomic mass is 19.1.